The number of aromatic nitrogens is 1. The SMILES string of the molecule is O=C(NC1CC1)c1ccc(N2CC[C@H](Nc3ccccc3)C2)nc1. The van der Waals surface area contributed by atoms with Gasteiger partial charge < -0.3 is 15.5 Å². The van der Waals surface area contributed by atoms with Crippen LogP contribution in [0.5, 0.6) is 0 Å². The Balaban J connectivity index is 1.35. The Hall–Kier alpha value is -2.56. The van der Waals surface area contributed by atoms with Gasteiger partial charge in [-0.25, -0.2) is 4.98 Å². The van der Waals surface area contributed by atoms with E-state index < -0.39 is 0 Å². The third-order valence-electron chi connectivity index (χ3n) is 4.58. The van der Waals surface area contributed by atoms with Gasteiger partial charge >= 0.3 is 0 Å². The molecule has 1 aliphatic carbocycles. The summed E-state index contributed by atoms with van der Waals surface area (Å²) in [4.78, 5) is 18.8. The van der Waals surface area contributed by atoms with Gasteiger partial charge in [0.2, 0.25) is 0 Å². The number of nitrogens with zero attached hydrogens (tertiary/aromatic N) is 2. The lowest BCUT2D eigenvalue weighted by Gasteiger charge is -2.18. The molecule has 2 heterocycles. The second-order valence-electron chi connectivity index (χ2n) is 6.59. The summed E-state index contributed by atoms with van der Waals surface area (Å²) in [7, 11) is 0. The number of amides is 1. The molecule has 2 fully saturated rings. The average molecular weight is 322 g/mol. The fourth-order valence-corrected chi connectivity index (χ4v) is 3.06. The van der Waals surface area contributed by atoms with E-state index in [9.17, 15) is 4.79 Å². The van der Waals surface area contributed by atoms with Crippen molar-refractivity contribution < 1.29 is 4.79 Å². The summed E-state index contributed by atoms with van der Waals surface area (Å²) < 4.78 is 0. The average Bonchev–Trinajstić information content (AvgIpc) is 3.31. The predicted octanol–water partition coefficient (Wildman–Crippen LogP) is 2.66. The topological polar surface area (TPSA) is 57.3 Å². The first kappa shape index (κ1) is 15.0. The zero-order valence-corrected chi connectivity index (χ0v) is 13.6. The molecule has 5 nitrogen and oxygen atoms in total. The lowest BCUT2D eigenvalue weighted by atomic mass is 10.2. The Kier molecular flexibility index (Phi) is 4.07. The minimum absolute atomic E-state index is 0.0124. The maximum atomic E-state index is 12.0. The molecule has 0 bridgehead atoms. The van der Waals surface area contributed by atoms with Gasteiger partial charge in [-0.15, -0.1) is 0 Å². The van der Waals surface area contributed by atoms with Crippen LogP contribution in [0, 0.1) is 0 Å². The fourth-order valence-electron chi connectivity index (χ4n) is 3.06. The molecule has 2 aromatic rings. The third kappa shape index (κ3) is 3.50. The summed E-state index contributed by atoms with van der Waals surface area (Å²) >= 11 is 0. The fraction of sp³-hybridized carbons (Fsp3) is 0.368. The summed E-state index contributed by atoms with van der Waals surface area (Å²) in [6.07, 6.45) is 4.97. The molecular formula is C19H22N4O. The molecule has 1 atom stereocenters. The number of rotatable bonds is 5. The molecule has 24 heavy (non-hydrogen) atoms. The van der Waals surface area contributed by atoms with Gasteiger partial charge in [0, 0.05) is 37.1 Å². The van der Waals surface area contributed by atoms with Crippen LogP contribution < -0.4 is 15.5 Å². The molecule has 4 rings (SSSR count). The van der Waals surface area contributed by atoms with Gasteiger partial charge in [-0.05, 0) is 43.5 Å². The van der Waals surface area contributed by atoms with Crippen LogP contribution in [-0.2, 0) is 0 Å². The highest BCUT2D eigenvalue weighted by Crippen LogP contribution is 2.22. The van der Waals surface area contributed by atoms with E-state index in [0.29, 0.717) is 17.6 Å². The van der Waals surface area contributed by atoms with Gasteiger partial charge in [0.25, 0.3) is 5.91 Å². The standard InChI is InChI=1S/C19H22N4O/c24-19(22-16-7-8-16)14-6-9-18(20-12-14)23-11-10-17(13-23)21-15-4-2-1-3-5-15/h1-6,9,12,16-17,21H,7-8,10-11,13H2,(H,22,24)/t17-/m0/s1. The molecule has 124 valence electrons. The molecule has 1 aromatic heterocycles. The Morgan fingerprint density at radius 1 is 1.04 bits per heavy atom. The summed E-state index contributed by atoms with van der Waals surface area (Å²) in [5, 5.41) is 6.56. The van der Waals surface area contributed by atoms with Crippen LogP contribution in [0.3, 0.4) is 0 Å². The van der Waals surface area contributed by atoms with E-state index in [1.54, 1.807) is 6.20 Å². The van der Waals surface area contributed by atoms with Gasteiger partial charge in [-0.2, -0.15) is 0 Å². The summed E-state index contributed by atoms with van der Waals surface area (Å²) in [6, 6.07) is 14.9. The molecular weight excluding hydrogens is 300 g/mol. The second kappa shape index (κ2) is 6.51. The van der Waals surface area contributed by atoms with Crippen molar-refractivity contribution in [3.63, 3.8) is 0 Å². The van der Waals surface area contributed by atoms with E-state index in [2.05, 4.69) is 32.7 Å². The van der Waals surface area contributed by atoms with Crippen molar-refractivity contribution in [3.8, 4) is 0 Å². The molecule has 0 radical (unpaired) electrons. The zero-order chi connectivity index (χ0) is 16.4. The van der Waals surface area contributed by atoms with Crippen molar-refractivity contribution in [3.05, 3.63) is 54.2 Å². The Morgan fingerprint density at radius 3 is 2.58 bits per heavy atom. The lowest BCUT2D eigenvalue weighted by Crippen LogP contribution is -2.27. The van der Waals surface area contributed by atoms with E-state index in [4.69, 9.17) is 0 Å². The molecule has 1 saturated carbocycles. The van der Waals surface area contributed by atoms with Crippen LogP contribution in [0.15, 0.2) is 48.7 Å². The number of hydrogen-bond acceptors (Lipinski definition) is 4. The number of pyridine rings is 1. The molecule has 2 aliphatic rings. The maximum absolute atomic E-state index is 12.0. The highest BCUT2D eigenvalue weighted by molar-refractivity contribution is 5.94. The number of benzene rings is 1. The molecule has 2 N–H and O–H groups in total. The molecule has 1 amide bonds. The van der Waals surface area contributed by atoms with Crippen LogP contribution in [0.1, 0.15) is 29.6 Å². The molecule has 0 spiro atoms. The minimum atomic E-state index is -0.0124. The molecule has 5 heteroatoms. The maximum Gasteiger partial charge on any atom is 0.253 e. The Morgan fingerprint density at radius 2 is 1.88 bits per heavy atom. The van der Waals surface area contributed by atoms with E-state index in [1.807, 2.05) is 30.3 Å². The van der Waals surface area contributed by atoms with Crippen molar-refractivity contribution in [2.24, 2.45) is 0 Å². The first-order valence-corrected chi connectivity index (χ1v) is 8.61. The highest BCUT2D eigenvalue weighted by atomic mass is 16.1. The van der Waals surface area contributed by atoms with Crippen LogP contribution in [0.25, 0.3) is 0 Å². The van der Waals surface area contributed by atoms with Gasteiger partial charge in [-0.3, -0.25) is 4.79 Å². The van der Waals surface area contributed by atoms with E-state index in [-0.39, 0.29) is 5.91 Å². The van der Waals surface area contributed by atoms with Crippen molar-refractivity contribution in [1.82, 2.24) is 10.3 Å². The van der Waals surface area contributed by atoms with Gasteiger partial charge in [0.05, 0.1) is 5.56 Å². The molecule has 1 aliphatic heterocycles. The van der Waals surface area contributed by atoms with Crippen LogP contribution in [0.4, 0.5) is 11.5 Å². The number of hydrogen-bond donors (Lipinski definition) is 2. The lowest BCUT2D eigenvalue weighted by molar-refractivity contribution is 0.0950. The minimum Gasteiger partial charge on any atom is -0.380 e. The smallest absolute Gasteiger partial charge is 0.253 e. The number of carbonyl (C=O) groups excluding carboxylic acids is 1. The predicted molar refractivity (Wildman–Crippen MR) is 95.4 cm³/mol. The normalized spacial score (nSPS) is 20.0. The van der Waals surface area contributed by atoms with Crippen molar-refractivity contribution in [1.29, 1.82) is 0 Å². The largest absolute Gasteiger partial charge is 0.380 e. The number of nitrogens with one attached hydrogen (secondary N) is 2. The van der Waals surface area contributed by atoms with Gasteiger partial charge in [0.1, 0.15) is 5.82 Å². The quantitative estimate of drug-likeness (QED) is 0.888. The monoisotopic (exact) mass is 322 g/mol. The van der Waals surface area contributed by atoms with Crippen molar-refractivity contribution in [2.75, 3.05) is 23.3 Å². The van der Waals surface area contributed by atoms with Crippen molar-refractivity contribution in [2.45, 2.75) is 31.3 Å². The number of carbonyl (C=O) groups is 1. The summed E-state index contributed by atoms with van der Waals surface area (Å²) in [5.74, 6) is 0.928. The number of para-hydroxylation sites is 1. The van der Waals surface area contributed by atoms with Gasteiger partial charge in [-0.1, -0.05) is 18.2 Å². The van der Waals surface area contributed by atoms with Crippen LogP contribution in [0.2, 0.25) is 0 Å². The summed E-state index contributed by atoms with van der Waals surface area (Å²) in [5.41, 5.74) is 1.80. The first-order chi connectivity index (χ1) is 11.8. The van der Waals surface area contributed by atoms with Crippen LogP contribution >= 0.6 is 0 Å². The molecule has 1 saturated heterocycles. The highest BCUT2D eigenvalue weighted by Gasteiger charge is 2.25. The van der Waals surface area contributed by atoms with E-state index in [0.717, 1.165) is 43.9 Å². The van der Waals surface area contributed by atoms with E-state index in [1.165, 1.54) is 0 Å². The van der Waals surface area contributed by atoms with Crippen LogP contribution in [-0.4, -0.2) is 36.1 Å². The first-order valence-electron chi connectivity index (χ1n) is 8.61. The van der Waals surface area contributed by atoms with Gasteiger partial charge in [0.15, 0.2) is 0 Å². The molecule has 0 unspecified atom stereocenters. The van der Waals surface area contributed by atoms with E-state index >= 15 is 0 Å². The summed E-state index contributed by atoms with van der Waals surface area (Å²) in [6.45, 7) is 1.90. The molecule has 1 aromatic carbocycles. The van der Waals surface area contributed by atoms with Crippen molar-refractivity contribution >= 4 is 17.4 Å². The Labute approximate surface area is 142 Å². The Bertz CT molecular complexity index is 697. The second-order valence-corrected chi connectivity index (χ2v) is 6.59. The zero-order valence-electron chi connectivity index (χ0n) is 13.6. The number of anilines is 2. The third-order valence-corrected chi connectivity index (χ3v) is 4.58.